The zero-order chi connectivity index (χ0) is 18.1. The zero-order valence-corrected chi connectivity index (χ0v) is 14.3. The van der Waals surface area contributed by atoms with Gasteiger partial charge in [0.1, 0.15) is 17.1 Å². The third-order valence-corrected chi connectivity index (χ3v) is 4.73. The summed E-state index contributed by atoms with van der Waals surface area (Å²) in [5.41, 5.74) is -0.337. The number of hydrogen-bond donors (Lipinski definition) is 1. The molecule has 1 N–H and O–H groups in total. The second-order valence-electron chi connectivity index (χ2n) is 6.52. The van der Waals surface area contributed by atoms with Crippen LogP contribution in [-0.4, -0.2) is 16.0 Å². The number of nitrogens with one attached hydrogen (secondary N) is 1. The predicted molar refractivity (Wildman–Crippen MR) is 90.7 cm³/mol. The van der Waals surface area contributed by atoms with E-state index in [-0.39, 0.29) is 11.7 Å². The van der Waals surface area contributed by atoms with Crippen molar-refractivity contribution in [2.45, 2.75) is 38.1 Å². The minimum absolute atomic E-state index is 0.120. The van der Waals surface area contributed by atoms with Crippen LogP contribution in [0.25, 0.3) is 11.3 Å². The number of furan rings is 1. The summed E-state index contributed by atoms with van der Waals surface area (Å²) in [4.78, 5) is 17.0. The van der Waals surface area contributed by atoms with Crippen LogP contribution >= 0.6 is 0 Å². The highest BCUT2D eigenvalue weighted by Crippen LogP contribution is 2.37. The highest BCUT2D eigenvalue weighted by atomic mass is 19.1. The van der Waals surface area contributed by atoms with Crippen molar-refractivity contribution in [2.24, 2.45) is 0 Å². The summed E-state index contributed by atoms with van der Waals surface area (Å²) in [7, 11) is 0. The quantitative estimate of drug-likeness (QED) is 0.766. The number of nitrogens with zero attached hydrogens (tertiary/aromatic N) is 2. The van der Waals surface area contributed by atoms with E-state index in [4.69, 9.17) is 8.94 Å². The largest absolute Gasteiger partial charge is 0.451 e. The maximum absolute atomic E-state index is 13.9. The Kier molecular flexibility index (Phi) is 4.06. The summed E-state index contributed by atoms with van der Waals surface area (Å²) < 4.78 is 24.6. The van der Waals surface area contributed by atoms with E-state index >= 15 is 0 Å². The molecule has 0 bridgehead atoms. The number of rotatable bonds is 4. The lowest BCUT2D eigenvalue weighted by Gasteiger charge is -2.26. The molecule has 0 atom stereocenters. The van der Waals surface area contributed by atoms with Gasteiger partial charge in [0.15, 0.2) is 11.6 Å². The number of halogens is 1. The van der Waals surface area contributed by atoms with Gasteiger partial charge in [-0.25, -0.2) is 4.39 Å². The van der Waals surface area contributed by atoms with Gasteiger partial charge in [-0.2, -0.15) is 4.98 Å². The van der Waals surface area contributed by atoms with Crippen molar-refractivity contribution >= 4 is 5.91 Å². The summed E-state index contributed by atoms with van der Waals surface area (Å²) in [6.45, 7) is 1.72. The second-order valence-corrected chi connectivity index (χ2v) is 6.52. The van der Waals surface area contributed by atoms with E-state index < -0.39 is 11.4 Å². The summed E-state index contributed by atoms with van der Waals surface area (Å²) in [5, 5.41) is 7.01. The smallest absolute Gasteiger partial charge is 0.287 e. The third kappa shape index (κ3) is 2.89. The number of hydrogen-bond acceptors (Lipinski definition) is 5. The van der Waals surface area contributed by atoms with Gasteiger partial charge >= 0.3 is 0 Å². The van der Waals surface area contributed by atoms with Crippen molar-refractivity contribution in [1.29, 1.82) is 0 Å². The van der Waals surface area contributed by atoms with Crippen LogP contribution in [0.5, 0.6) is 0 Å². The molecule has 2 heterocycles. The molecule has 0 saturated heterocycles. The molecular weight excluding hydrogens is 337 g/mol. The van der Waals surface area contributed by atoms with E-state index in [0.717, 1.165) is 25.7 Å². The molecule has 134 valence electrons. The van der Waals surface area contributed by atoms with Gasteiger partial charge < -0.3 is 14.3 Å². The Labute approximate surface area is 149 Å². The number of benzene rings is 1. The number of carbonyl (C=O) groups excluding carboxylic acids is 1. The fraction of sp³-hybridized carbons (Fsp3) is 0.316. The first-order chi connectivity index (χ1) is 12.6. The Morgan fingerprint density at radius 1 is 1.19 bits per heavy atom. The molecule has 1 aliphatic rings. The lowest BCUT2D eigenvalue weighted by atomic mass is 9.96. The number of aryl methyl sites for hydroxylation is 1. The van der Waals surface area contributed by atoms with E-state index in [2.05, 4.69) is 15.5 Å². The summed E-state index contributed by atoms with van der Waals surface area (Å²) >= 11 is 0. The highest BCUT2D eigenvalue weighted by Gasteiger charge is 2.41. The minimum atomic E-state index is -0.653. The van der Waals surface area contributed by atoms with Gasteiger partial charge in [-0.15, -0.1) is 0 Å². The monoisotopic (exact) mass is 355 g/mol. The molecule has 1 aromatic carbocycles. The van der Waals surface area contributed by atoms with Gasteiger partial charge in [0.25, 0.3) is 5.91 Å². The topological polar surface area (TPSA) is 81.2 Å². The Morgan fingerprint density at radius 3 is 2.65 bits per heavy atom. The first kappa shape index (κ1) is 16.5. The Balaban J connectivity index is 1.59. The van der Waals surface area contributed by atoms with Crippen LogP contribution in [0.3, 0.4) is 0 Å². The number of aromatic nitrogens is 2. The Bertz CT molecular complexity index is 941. The average Bonchev–Trinajstić information content (AvgIpc) is 3.36. The van der Waals surface area contributed by atoms with Gasteiger partial charge in [0.2, 0.25) is 5.89 Å². The summed E-state index contributed by atoms with van der Waals surface area (Å²) in [5.74, 6) is 0.598. The van der Waals surface area contributed by atoms with Crippen molar-refractivity contribution < 1.29 is 18.1 Å². The fourth-order valence-electron chi connectivity index (χ4n) is 3.42. The van der Waals surface area contributed by atoms with Crippen LogP contribution in [0.1, 0.15) is 48.0 Å². The van der Waals surface area contributed by atoms with Crippen molar-refractivity contribution in [1.82, 2.24) is 15.5 Å². The van der Waals surface area contributed by atoms with Crippen LogP contribution in [-0.2, 0) is 5.54 Å². The van der Waals surface area contributed by atoms with Crippen LogP contribution in [0, 0.1) is 12.7 Å². The molecule has 1 aliphatic carbocycles. The van der Waals surface area contributed by atoms with Crippen molar-refractivity contribution in [3.63, 3.8) is 0 Å². The molecule has 1 fully saturated rings. The molecule has 0 unspecified atom stereocenters. The lowest BCUT2D eigenvalue weighted by molar-refractivity contribution is 0.0864. The van der Waals surface area contributed by atoms with Crippen molar-refractivity contribution in [3.05, 3.63) is 59.7 Å². The van der Waals surface area contributed by atoms with Crippen LogP contribution in [0.4, 0.5) is 4.39 Å². The predicted octanol–water partition coefficient (Wildman–Crippen LogP) is 3.98. The number of amides is 1. The van der Waals surface area contributed by atoms with E-state index in [1.807, 2.05) is 0 Å². The normalized spacial score (nSPS) is 15.9. The molecule has 7 heteroatoms. The molecule has 0 aliphatic heterocycles. The lowest BCUT2D eigenvalue weighted by Crippen LogP contribution is -2.44. The second kappa shape index (κ2) is 6.40. The molecule has 2 aromatic heterocycles. The van der Waals surface area contributed by atoms with Crippen LogP contribution < -0.4 is 5.32 Å². The van der Waals surface area contributed by atoms with Crippen LogP contribution in [0.2, 0.25) is 0 Å². The minimum Gasteiger partial charge on any atom is -0.451 e. The standard InChI is InChI=1S/C19H18FN3O3/c1-12-21-18(23-26-12)19(10-4-5-11-19)22-17(24)16-9-8-15(25-16)13-6-2-3-7-14(13)20/h2-3,6-9H,4-5,10-11H2,1H3,(H,22,24). The molecule has 1 amide bonds. The molecule has 6 nitrogen and oxygen atoms in total. The third-order valence-electron chi connectivity index (χ3n) is 4.73. The molecule has 0 radical (unpaired) electrons. The molecule has 1 saturated carbocycles. The number of carbonyl (C=O) groups is 1. The maximum Gasteiger partial charge on any atom is 0.287 e. The SMILES string of the molecule is Cc1nc(C2(NC(=O)c3ccc(-c4ccccc4F)o3)CCCC2)no1. The van der Waals surface area contributed by atoms with E-state index in [0.29, 0.717) is 23.0 Å². The van der Waals surface area contributed by atoms with Gasteiger partial charge in [-0.3, -0.25) is 4.79 Å². The van der Waals surface area contributed by atoms with Gasteiger partial charge in [0, 0.05) is 6.92 Å². The van der Waals surface area contributed by atoms with Gasteiger partial charge in [-0.1, -0.05) is 30.1 Å². The Hall–Kier alpha value is -2.96. The maximum atomic E-state index is 13.9. The summed E-state index contributed by atoms with van der Waals surface area (Å²) in [6, 6.07) is 9.41. The summed E-state index contributed by atoms with van der Waals surface area (Å²) in [6.07, 6.45) is 3.40. The fourth-order valence-corrected chi connectivity index (χ4v) is 3.42. The van der Waals surface area contributed by atoms with Crippen molar-refractivity contribution in [3.8, 4) is 11.3 Å². The van der Waals surface area contributed by atoms with Crippen LogP contribution in [0.15, 0.2) is 45.3 Å². The Morgan fingerprint density at radius 2 is 1.96 bits per heavy atom. The highest BCUT2D eigenvalue weighted by molar-refractivity contribution is 5.92. The molecule has 26 heavy (non-hydrogen) atoms. The zero-order valence-electron chi connectivity index (χ0n) is 14.3. The first-order valence-electron chi connectivity index (χ1n) is 8.55. The molecule has 3 aromatic rings. The van der Waals surface area contributed by atoms with Crippen molar-refractivity contribution in [2.75, 3.05) is 0 Å². The van der Waals surface area contributed by atoms with E-state index in [9.17, 15) is 9.18 Å². The molecular formula is C19H18FN3O3. The van der Waals surface area contributed by atoms with Gasteiger partial charge in [-0.05, 0) is 37.1 Å². The molecule has 4 rings (SSSR count). The van der Waals surface area contributed by atoms with Gasteiger partial charge in [0.05, 0.1) is 5.56 Å². The van der Waals surface area contributed by atoms with E-state index in [1.165, 1.54) is 6.07 Å². The average molecular weight is 355 g/mol. The van der Waals surface area contributed by atoms with E-state index in [1.54, 1.807) is 37.3 Å². The first-order valence-corrected chi connectivity index (χ1v) is 8.55. The molecule has 0 spiro atoms.